The number of hydrogen-bond donors (Lipinski definition) is 0. The van der Waals surface area contributed by atoms with Gasteiger partial charge in [-0.05, 0) is 35.8 Å². The lowest BCUT2D eigenvalue weighted by molar-refractivity contribution is -0.128. The molecule has 2 heteroatoms. The van der Waals surface area contributed by atoms with Gasteiger partial charge in [0.2, 0.25) is 0 Å². The zero-order valence-electron chi connectivity index (χ0n) is 10.9. The summed E-state index contributed by atoms with van der Waals surface area (Å²) in [7, 11) is 0. The van der Waals surface area contributed by atoms with E-state index < -0.39 is 0 Å². The Kier molecular flexibility index (Phi) is 4.51. The fourth-order valence-corrected chi connectivity index (χ4v) is 1.67. The Balaban J connectivity index is 1.95. The molecule has 0 N–H and O–H groups in total. The highest BCUT2D eigenvalue weighted by molar-refractivity contribution is 5.88. The largest absolute Gasteiger partial charge is 0.423 e. The zero-order valence-corrected chi connectivity index (χ0v) is 10.9. The summed E-state index contributed by atoms with van der Waals surface area (Å²) < 4.78 is 5.21. The molecule has 0 saturated heterocycles. The molecule has 0 aliphatic heterocycles. The molecule has 0 saturated carbocycles. The maximum atomic E-state index is 11.6. The second-order valence-electron chi connectivity index (χ2n) is 4.16. The quantitative estimate of drug-likeness (QED) is 0.469. The summed E-state index contributed by atoms with van der Waals surface area (Å²) in [5, 5.41) is 0. The minimum absolute atomic E-state index is 0.367. The Hall–Kier alpha value is -2.35. The van der Waals surface area contributed by atoms with Crippen molar-refractivity contribution in [1.82, 2.24) is 0 Å². The van der Waals surface area contributed by atoms with E-state index in [1.807, 2.05) is 54.6 Å². The molecule has 0 atom stereocenters. The molecule has 0 fully saturated rings. The summed E-state index contributed by atoms with van der Waals surface area (Å²) in [5.41, 5.74) is 2.19. The van der Waals surface area contributed by atoms with Crippen LogP contribution in [0.1, 0.15) is 18.1 Å². The van der Waals surface area contributed by atoms with E-state index in [4.69, 9.17) is 4.74 Å². The Morgan fingerprint density at radius 3 is 2.37 bits per heavy atom. The summed E-state index contributed by atoms with van der Waals surface area (Å²) in [6.45, 7) is 2.09. The smallest absolute Gasteiger partial charge is 0.336 e. The van der Waals surface area contributed by atoms with E-state index >= 15 is 0 Å². The van der Waals surface area contributed by atoms with Crippen molar-refractivity contribution >= 4 is 12.0 Å². The van der Waals surface area contributed by atoms with Crippen molar-refractivity contribution in [1.29, 1.82) is 0 Å². The molecule has 0 amide bonds. The van der Waals surface area contributed by atoms with Gasteiger partial charge in [0.15, 0.2) is 0 Å². The van der Waals surface area contributed by atoms with Crippen LogP contribution in [0.15, 0.2) is 60.7 Å². The fourth-order valence-electron chi connectivity index (χ4n) is 1.67. The van der Waals surface area contributed by atoms with Crippen LogP contribution in [-0.2, 0) is 11.2 Å². The van der Waals surface area contributed by atoms with Crippen LogP contribution >= 0.6 is 0 Å². The third-order valence-electron chi connectivity index (χ3n) is 2.76. The zero-order chi connectivity index (χ0) is 13.5. The summed E-state index contributed by atoms with van der Waals surface area (Å²) in [5.74, 6) is 0.202. The third kappa shape index (κ3) is 4.11. The van der Waals surface area contributed by atoms with Crippen LogP contribution in [0.4, 0.5) is 0 Å². The van der Waals surface area contributed by atoms with Crippen molar-refractivity contribution in [3.8, 4) is 5.75 Å². The minimum atomic E-state index is -0.367. The van der Waals surface area contributed by atoms with Crippen LogP contribution in [0.5, 0.6) is 5.75 Å². The maximum Gasteiger partial charge on any atom is 0.336 e. The minimum Gasteiger partial charge on any atom is -0.423 e. The fraction of sp³-hybridized carbons (Fsp3) is 0.118. The van der Waals surface area contributed by atoms with Crippen molar-refractivity contribution in [3.05, 3.63) is 71.8 Å². The van der Waals surface area contributed by atoms with Gasteiger partial charge >= 0.3 is 5.97 Å². The maximum absolute atomic E-state index is 11.6. The first kappa shape index (κ1) is 13.1. The highest BCUT2D eigenvalue weighted by Crippen LogP contribution is 2.13. The van der Waals surface area contributed by atoms with Crippen LogP contribution < -0.4 is 4.74 Å². The first-order chi connectivity index (χ1) is 9.28. The van der Waals surface area contributed by atoms with Gasteiger partial charge in [-0.2, -0.15) is 0 Å². The number of carbonyl (C=O) groups excluding carboxylic acids is 1. The van der Waals surface area contributed by atoms with Crippen LogP contribution in [0, 0.1) is 0 Å². The molecule has 0 aliphatic carbocycles. The lowest BCUT2D eigenvalue weighted by Crippen LogP contribution is -2.03. The number of esters is 1. The highest BCUT2D eigenvalue weighted by Gasteiger charge is 2.00. The number of rotatable bonds is 4. The predicted molar refractivity (Wildman–Crippen MR) is 76.9 cm³/mol. The van der Waals surface area contributed by atoms with E-state index in [9.17, 15) is 4.79 Å². The van der Waals surface area contributed by atoms with E-state index in [1.54, 1.807) is 6.08 Å². The van der Waals surface area contributed by atoms with Gasteiger partial charge in [-0.25, -0.2) is 4.79 Å². The van der Waals surface area contributed by atoms with Crippen molar-refractivity contribution in [3.63, 3.8) is 0 Å². The molecule has 96 valence electrons. The van der Waals surface area contributed by atoms with Crippen LogP contribution in [0.25, 0.3) is 6.08 Å². The SMILES string of the molecule is CCc1ccc(OC(=O)C=Cc2ccccc2)cc1. The molecule has 0 bridgehead atoms. The first-order valence-electron chi connectivity index (χ1n) is 6.32. The summed E-state index contributed by atoms with van der Waals surface area (Å²) in [6.07, 6.45) is 4.15. The van der Waals surface area contributed by atoms with Gasteiger partial charge in [-0.1, -0.05) is 49.4 Å². The molecular weight excluding hydrogens is 236 g/mol. The van der Waals surface area contributed by atoms with Crippen LogP contribution in [0.3, 0.4) is 0 Å². The lowest BCUT2D eigenvalue weighted by atomic mass is 10.2. The van der Waals surface area contributed by atoms with Gasteiger partial charge in [-0.3, -0.25) is 0 Å². The molecule has 0 aliphatic rings. The molecule has 0 aromatic heterocycles. The summed E-state index contributed by atoms with van der Waals surface area (Å²) >= 11 is 0. The second kappa shape index (κ2) is 6.55. The normalized spacial score (nSPS) is 10.6. The molecule has 0 unspecified atom stereocenters. The van der Waals surface area contributed by atoms with Gasteiger partial charge in [0.05, 0.1) is 0 Å². The standard InChI is InChI=1S/C17H16O2/c1-2-14-8-11-16(12-9-14)19-17(18)13-10-15-6-4-3-5-7-15/h3-13H,2H2,1H3. The Bertz CT molecular complexity index is 554. The van der Waals surface area contributed by atoms with E-state index in [0.29, 0.717) is 5.75 Å². The average Bonchev–Trinajstić information content (AvgIpc) is 2.47. The topological polar surface area (TPSA) is 26.3 Å². The molecular formula is C17H16O2. The number of ether oxygens (including phenoxy) is 1. The van der Waals surface area contributed by atoms with Gasteiger partial charge in [0.1, 0.15) is 5.75 Å². The number of aryl methyl sites for hydroxylation is 1. The van der Waals surface area contributed by atoms with Crippen LogP contribution in [0.2, 0.25) is 0 Å². The van der Waals surface area contributed by atoms with Gasteiger partial charge in [0.25, 0.3) is 0 Å². The first-order valence-corrected chi connectivity index (χ1v) is 6.32. The average molecular weight is 252 g/mol. The van der Waals surface area contributed by atoms with Crippen molar-refractivity contribution in [2.24, 2.45) is 0 Å². The van der Waals surface area contributed by atoms with Gasteiger partial charge < -0.3 is 4.74 Å². The van der Waals surface area contributed by atoms with E-state index in [-0.39, 0.29) is 5.97 Å². The number of hydrogen-bond acceptors (Lipinski definition) is 2. The lowest BCUT2D eigenvalue weighted by Gasteiger charge is -2.02. The monoisotopic (exact) mass is 252 g/mol. The highest BCUT2D eigenvalue weighted by atomic mass is 16.5. The van der Waals surface area contributed by atoms with Crippen molar-refractivity contribution in [2.75, 3.05) is 0 Å². The molecule has 2 aromatic rings. The van der Waals surface area contributed by atoms with E-state index in [0.717, 1.165) is 12.0 Å². The summed E-state index contributed by atoms with van der Waals surface area (Å²) in [6, 6.07) is 17.2. The molecule has 0 radical (unpaired) electrons. The van der Waals surface area contributed by atoms with Gasteiger partial charge in [0, 0.05) is 6.08 Å². The van der Waals surface area contributed by atoms with Gasteiger partial charge in [-0.15, -0.1) is 0 Å². The van der Waals surface area contributed by atoms with Crippen molar-refractivity contribution < 1.29 is 9.53 Å². The van der Waals surface area contributed by atoms with Crippen LogP contribution in [-0.4, -0.2) is 5.97 Å². The predicted octanol–water partition coefficient (Wildman–Crippen LogP) is 3.87. The molecule has 2 nitrogen and oxygen atoms in total. The molecule has 0 heterocycles. The van der Waals surface area contributed by atoms with Crippen molar-refractivity contribution in [2.45, 2.75) is 13.3 Å². The third-order valence-corrected chi connectivity index (χ3v) is 2.76. The molecule has 19 heavy (non-hydrogen) atoms. The summed E-state index contributed by atoms with van der Waals surface area (Å²) in [4.78, 5) is 11.6. The Morgan fingerprint density at radius 2 is 1.74 bits per heavy atom. The second-order valence-corrected chi connectivity index (χ2v) is 4.16. The Morgan fingerprint density at radius 1 is 1.05 bits per heavy atom. The molecule has 0 spiro atoms. The number of benzene rings is 2. The van der Waals surface area contributed by atoms with E-state index in [2.05, 4.69) is 6.92 Å². The number of carbonyl (C=O) groups is 1. The molecule has 2 aromatic carbocycles. The van der Waals surface area contributed by atoms with E-state index in [1.165, 1.54) is 11.6 Å². The Labute approximate surface area is 113 Å². The molecule has 2 rings (SSSR count).